The number of allylic oxidation sites excluding steroid dienone is 3. The van der Waals surface area contributed by atoms with Crippen molar-refractivity contribution in [2.75, 3.05) is 14.1 Å². The van der Waals surface area contributed by atoms with Crippen LogP contribution in [0.25, 0.3) is 11.3 Å². The van der Waals surface area contributed by atoms with Crippen molar-refractivity contribution in [2.45, 2.75) is 116 Å². The molecule has 13 nitrogen and oxygen atoms in total. The summed E-state index contributed by atoms with van der Waals surface area (Å²) in [5, 5.41) is 42.3. The molecule has 2 unspecified atom stereocenters. The van der Waals surface area contributed by atoms with E-state index in [2.05, 4.69) is 10.3 Å². The predicted octanol–water partition coefficient (Wildman–Crippen LogP) is 3.37. The van der Waals surface area contributed by atoms with Crippen molar-refractivity contribution in [3.05, 3.63) is 60.3 Å². The summed E-state index contributed by atoms with van der Waals surface area (Å²) in [6, 6.07) is 8.95. The fraction of sp³-hybridized carbons (Fsp3) is 0.615. The number of carbonyl (C=O) groups is 3. The molecule has 286 valence electrons. The summed E-state index contributed by atoms with van der Waals surface area (Å²) in [7, 11) is 3.46. The number of nitrogens with zero attached hydrogens (tertiary/aromatic N) is 4. The monoisotopic (exact) mass is 724 g/mol. The highest BCUT2D eigenvalue weighted by Gasteiger charge is 2.47. The van der Waals surface area contributed by atoms with Gasteiger partial charge in [0.2, 0.25) is 0 Å². The molecule has 52 heavy (non-hydrogen) atoms. The third kappa shape index (κ3) is 10.5. The average molecular weight is 725 g/mol. The number of benzene rings is 1. The van der Waals surface area contributed by atoms with Crippen molar-refractivity contribution >= 4 is 18.0 Å². The van der Waals surface area contributed by atoms with E-state index in [0.29, 0.717) is 18.7 Å². The van der Waals surface area contributed by atoms with Gasteiger partial charge in [-0.3, -0.25) is 14.3 Å². The molecule has 0 aliphatic carbocycles. The predicted molar refractivity (Wildman–Crippen MR) is 193 cm³/mol. The summed E-state index contributed by atoms with van der Waals surface area (Å²) in [5.41, 5.74) is 2.40. The molecule has 0 bridgehead atoms. The van der Waals surface area contributed by atoms with Gasteiger partial charge in [0.1, 0.15) is 24.2 Å². The van der Waals surface area contributed by atoms with E-state index in [0.717, 1.165) is 17.4 Å². The van der Waals surface area contributed by atoms with Crippen molar-refractivity contribution in [2.24, 2.45) is 23.7 Å². The maximum absolute atomic E-state index is 13.5. The van der Waals surface area contributed by atoms with Gasteiger partial charge in [-0.15, -0.1) is 5.10 Å². The molecule has 0 radical (unpaired) electrons. The lowest BCUT2D eigenvalue weighted by molar-refractivity contribution is -0.304. The lowest BCUT2D eigenvalue weighted by Gasteiger charge is -2.46. The van der Waals surface area contributed by atoms with E-state index in [4.69, 9.17) is 14.2 Å². The smallest absolute Gasteiger partial charge is 0.308 e. The van der Waals surface area contributed by atoms with Crippen molar-refractivity contribution in [1.29, 1.82) is 0 Å². The second-order valence-corrected chi connectivity index (χ2v) is 14.6. The normalized spacial score (nSPS) is 35.8. The fourth-order valence-corrected chi connectivity index (χ4v) is 7.27. The van der Waals surface area contributed by atoms with Crippen LogP contribution in [0.1, 0.15) is 60.3 Å². The van der Waals surface area contributed by atoms with E-state index < -0.39 is 72.7 Å². The zero-order chi connectivity index (χ0) is 38.1. The highest BCUT2D eigenvalue weighted by atomic mass is 16.7. The van der Waals surface area contributed by atoms with E-state index >= 15 is 0 Å². The first-order valence-corrected chi connectivity index (χ1v) is 18.2. The minimum atomic E-state index is -1.28. The van der Waals surface area contributed by atoms with Crippen LogP contribution < -0.4 is 0 Å². The van der Waals surface area contributed by atoms with Gasteiger partial charge < -0.3 is 39.2 Å². The molecule has 2 aliphatic heterocycles. The Morgan fingerprint density at radius 1 is 1.06 bits per heavy atom. The first-order chi connectivity index (χ1) is 24.7. The van der Waals surface area contributed by atoms with Crippen molar-refractivity contribution in [3.8, 4) is 11.3 Å². The molecule has 1 aromatic carbocycles. The number of ketones is 1. The van der Waals surface area contributed by atoms with E-state index in [9.17, 15) is 29.7 Å². The van der Waals surface area contributed by atoms with Gasteiger partial charge in [-0.05, 0) is 52.8 Å². The summed E-state index contributed by atoms with van der Waals surface area (Å²) in [6.07, 6.45) is 1.13. The molecule has 2 aromatic rings. The maximum atomic E-state index is 13.5. The van der Waals surface area contributed by atoms with Crippen LogP contribution in [0.15, 0.2) is 60.3 Å². The second kappa shape index (κ2) is 18.9. The van der Waals surface area contributed by atoms with Crippen LogP contribution in [0, 0.1) is 23.7 Å². The molecule has 0 amide bonds. The van der Waals surface area contributed by atoms with Gasteiger partial charge in [0, 0.05) is 29.7 Å². The van der Waals surface area contributed by atoms with Gasteiger partial charge in [0.25, 0.3) is 0 Å². The van der Waals surface area contributed by atoms with Gasteiger partial charge in [-0.1, -0.05) is 74.0 Å². The lowest BCUT2D eigenvalue weighted by atomic mass is 9.79. The quantitative estimate of drug-likeness (QED) is 0.255. The Labute approximate surface area is 306 Å². The van der Waals surface area contributed by atoms with E-state index in [1.54, 1.807) is 50.5 Å². The Bertz CT molecular complexity index is 1530. The van der Waals surface area contributed by atoms with Crippen LogP contribution in [-0.2, 0) is 35.1 Å². The molecule has 13 heteroatoms. The average Bonchev–Trinajstić information content (AvgIpc) is 3.58. The van der Waals surface area contributed by atoms with E-state index in [1.165, 1.54) is 6.08 Å². The van der Waals surface area contributed by atoms with Crippen LogP contribution in [0.5, 0.6) is 0 Å². The van der Waals surface area contributed by atoms with Crippen molar-refractivity contribution in [3.63, 3.8) is 0 Å². The molecule has 0 spiro atoms. The zero-order valence-electron chi connectivity index (χ0n) is 31.3. The number of aliphatic hydroxyl groups is 3. The van der Waals surface area contributed by atoms with Crippen molar-refractivity contribution in [1.82, 2.24) is 19.9 Å². The lowest BCUT2D eigenvalue weighted by Crippen LogP contribution is -2.63. The first kappa shape index (κ1) is 41.2. The number of aromatic nitrogens is 3. The number of aldehydes is 1. The van der Waals surface area contributed by atoms with Gasteiger partial charge in [0.05, 0.1) is 49.6 Å². The SMILES string of the molecule is CC[C@H]1OC(=O)C[C@@H](O)[C@H](C)[C@@H](O[C@@H]2O[C@H](C)[C@@H](O)C(N(C)C)C2O)[C@@H](CC=O)C[C@@H](C)C(=O)/C=C/C(C)=C/[C@@H]1Cn1cc(-c2ccccc2)nn1. The summed E-state index contributed by atoms with van der Waals surface area (Å²) in [6.45, 7) is 9.27. The number of cyclic esters (lactones) is 1. The van der Waals surface area contributed by atoms with Crippen LogP contribution in [0.3, 0.4) is 0 Å². The second-order valence-electron chi connectivity index (χ2n) is 14.6. The number of carbonyl (C=O) groups excluding carboxylic acids is 3. The van der Waals surface area contributed by atoms with Crippen LogP contribution >= 0.6 is 0 Å². The third-order valence-corrected chi connectivity index (χ3v) is 10.4. The number of ether oxygens (including phenoxy) is 3. The Morgan fingerprint density at radius 2 is 1.77 bits per heavy atom. The molecule has 1 fully saturated rings. The summed E-state index contributed by atoms with van der Waals surface area (Å²) in [4.78, 5) is 40.7. The topological polar surface area (TPSA) is 174 Å². The van der Waals surface area contributed by atoms with Gasteiger partial charge in [0.15, 0.2) is 12.1 Å². The summed E-state index contributed by atoms with van der Waals surface area (Å²) in [5.74, 6) is -2.98. The number of likely N-dealkylation sites (N-methyl/N-ethyl adjacent to an activating group) is 1. The molecular formula is C39H56N4O9. The van der Waals surface area contributed by atoms with Crippen molar-refractivity contribution < 1.29 is 43.9 Å². The number of rotatable bonds is 9. The molecule has 2 aliphatic rings. The molecule has 12 atom stereocenters. The highest BCUT2D eigenvalue weighted by Crippen LogP contribution is 2.34. The number of esters is 1. The standard InChI is InChI=1S/C39H56N4O9/c1-8-33-29(21-43-22-30(40-41-43)27-12-10-9-11-13-27)18-23(2)14-15-31(45)24(3)19-28(16-17-44)38(25(4)32(46)20-34(47)51-33)52-39-37(49)35(42(6)7)36(48)26(5)50-39/h9-15,17-18,22,24-26,28-29,32-33,35-39,46,48-49H,8,16,19-21H2,1-7H3/b15-14+,23-18+/t24-,25+,26-,28+,29-,32-,33-,35?,36-,37?,38-,39+/m1/s1. The van der Waals surface area contributed by atoms with Gasteiger partial charge in [-0.25, -0.2) is 0 Å². The Kier molecular flexibility index (Phi) is 15.0. The molecule has 1 saturated heterocycles. The minimum absolute atomic E-state index is 0.00159. The first-order valence-electron chi connectivity index (χ1n) is 18.2. The largest absolute Gasteiger partial charge is 0.462 e. The third-order valence-electron chi connectivity index (χ3n) is 10.4. The van der Waals surface area contributed by atoms with Crippen LogP contribution in [0.2, 0.25) is 0 Å². The van der Waals surface area contributed by atoms with Gasteiger partial charge in [-0.2, -0.15) is 0 Å². The molecule has 3 heterocycles. The Morgan fingerprint density at radius 3 is 2.42 bits per heavy atom. The fourth-order valence-electron chi connectivity index (χ4n) is 7.27. The van der Waals surface area contributed by atoms with E-state index in [-0.39, 0.29) is 31.0 Å². The molecule has 4 rings (SSSR count). The molecule has 0 saturated carbocycles. The van der Waals surface area contributed by atoms with Crippen LogP contribution in [-0.4, -0.2) is 116 Å². The molecule has 3 N–H and O–H groups in total. The summed E-state index contributed by atoms with van der Waals surface area (Å²) < 4.78 is 20.1. The molecule has 1 aromatic heterocycles. The highest BCUT2D eigenvalue weighted by molar-refractivity contribution is 5.91. The summed E-state index contributed by atoms with van der Waals surface area (Å²) >= 11 is 0. The Balaban J connectivity index is 1.66. The number of hydrogen-bond donors (Lipinski definition) is 3. The van der Waals surface area contributed by atoms with Crippen LogP contribution in [0.4, 0.5) is 0 Å². The minimum Gasteiger partial charge on any atom is -0.462 e. The zero-order valence-corrected chi connectivity index (χ0v) is 31.3. The van der Waals surface area contributed by atoms with Gasteiger partial charge >= 0.3 is 5.97 Å². The number of aliphatic hydroxyl groups excluding tert-OH is 3. The number of hydrogen-bond acceptors (Lipinski definition) is 12. The van der Waals surface area contributed by atoms with E-state index in [1.807, 2.05) is 56.5 Å². The maximum Gasteiger partial charge on any atom is 0.308 e. The molecular weight excluding hydrogens is 668 g/mol. The Hall–Kier alpha value is -3.59.